The number of benzene rings is 1. The number of nitrogens with zero attached hydrogens (tertiary/aromatic N) is 1. The molecule has 1 aromatic carbocycles. The largest absolute Gasteiger partial charge is 0.486 e. The summed E-state index contributed by atoms with van der Waals surface area (Å²) in [6, 6.07) is 7.10. The summed E-state index contributed by atoms with van der Waals surface area (Å²) in [6.45, 7) is 1.37. The van der Waals surface area contributed by atoms with Gasteiger partial charge in [-0.3, -0.25) is 4.79 Å². The maximum atomic E-state index is 12.0. The molecule has 8 heteroatoms. The Morgan fingerprint density at radius 2 is 2.05 bits per heavy atom. The third-order valence-electron chi connectivity index (χ3n) is 3.26. The van der Waals surface area contributed by atoms with Crippen LogP contribution in [0.4, 0.5) is 0 Å². The Morgan fingerprint density at radius 3 is 2.67 bits per heavy atom. The molecule has 0 spiro atoms. The van der Waals surface area contributed by atoms with Gasteiger partial charge >= 0.3 is 5.97 Å². The van der Waals surface area contributed by atoms with Gasteiger partial charge in [0.15, 0.2) is 16.7 Å². The highest BCUT2D eigenvalue weighted by Gasteiger charge is 2.34. The number of likely N-dealkylation sites (N-methyl/N-ethyl adjacent to an activating group) is 1. The van der Waals surface area contributed by atoms with Crippen LogP contribution in [0.2, 0.25) is 0 Å². The molecule has 0 bridgehead atoms. The van der Waals surface area contributed by atoms with Crippen LogP contribution < -0.4 is 9.47 Å². The average Bonchev–Trinajstić information content (AvgIpc) is 2.46. The summed E-state index contributed by atoms with van der Waals surface area (Å²) in [4.78, 5) is 10.8. The highest BCUT2D eigenvalue weighted by atomic mass is 32.2. The van der Waals surface area contributed by atoms with Gasteiger partial charge < -0.3 is 14.6 Å². The van der Waals surface area contributed by atoms with Gasteiger partial charge in [0, 0.05) is 7.05 Å². The van der Waals surface area contributed by atoms with Crippen molar-refractivity contribution >= 4 is 16.0 Å². The van der Waals surface area contributed by atoms with Crippen LogP contribution in [-0.4, -0.2) is 55.4 Å². The molecule has 1 aromatic rings. The predicted molar refractivity (Wildman–Crippen MR) is 75.0 cm³/mol. The number of fused-ring (bicyclic) bond motifs is 1. The Hall–Kier alpha value is -1.80. The van der Waals surface area contributed by atoms with Crippen LogP contribution in [0.25, 0.3) is 0 Å². The molecule has 21 heavy (non-hydrogen) atoms. The lowest BCUT2D eigenvalue weighted by molar-refractivity contribution is -0.136. The van der Waals surface area contributed by atoms with Crippen LogP contribution in [0.3, 0.4) is 0 Å². The molecule has 1 heterocycles. The van der Waals surface area contributed by atoms with Crippen molar-refractivity contribution < 1.29 is 27.8 Å². The van der Waals surface area contributed by atoms with Crippen molar-refractivity contribution in [3.05, 3.63) is 24.3 Å². The van der Waals surface area contributed by atoms with Crippen molar-refractivity contribution in [1.29, 1.82) is 0 Å². The molecule has 0 amide bonds. The zero-order chi connectivity index (χ0) is 15.6. The number of carbonyl (C=O) groups is 1. The van der Waals surface area contributed by atoms with Gasteiger partial charge in [-0.15, -0.1) is 0 Å². The number of aliphatic carboxylic acids is 1. The molecule has 0 saturated heterocycles. The first kappa shape index (κ1) is 15.6. The van der Waals surface area contributed by atoms with Crippen LogP contribution >= 0.6 is 0 Å². The summed E-state index contributed by atoms with van der Waals surface area (Å²) in [5.41, 5.74) is 0. The van der Waals surface area contributed by atoms with E-state index in [9.17, 15) is 13.2 Å². The van der Waals surface area contributed by atoms with Crippen LogP contribution in [0.15, 0.2) is 24.3 Å². The molecular weight excluding hydrogens is 298 g/mol. The van der Waals surface area contributed by atoms with E-state index in [1.54, 1.807) is 18.2 Å². The zero-order valence-electron chi connectivity index (χ0n) is 11.7. The molecule has 7 nitrogen and oxygen atoms in total. The lowest BCUT2D eigenvalue weighted by Crippen LogP contribution is -2.45. The SMILES string of the molecule is CC(C(=O)O)S(=O)(=O)N(C)CC1COc2ccccc2O1. The fourth-order valence-electron chi connectivity index (χ4n) is 1.94. The number of sulfonamides is 1. The quantitative estimate of drug-likeness (QED) is 0.853. The van der Waals surface area contributed by atoms with E-state index in [0.29, 0.717) is 11.5 Å². The molecule has 1 aliphatic rings. The van der Waals surface area contributed by atoms with Crippen LogP contribution in [0.1, 0.15) is 6.92 Å². The normalized spacial score (nSPS) is 19.3. The lowest BCUT2D eigenvalue weighted by atomic mass is 10.2. The highest BCUT2D eigenvalue weighted by molar-refractivity contribution is 7.90. The van der Waals surface area contributed by atoms with Gasteiger partial charge in [0.25, 0.3) is 0 Å². The second-order valence-electron chi connectivity index (χ2n) is 4.80. The van der Waals surface area contributed by atoms with Crippen molar-refractivity contribution in [2.24, 2.45) is 0 Å². The maximum Gasteiger partial charge on any atom is 0.323 e. The molecule has 0 fully saturated rings. The number of hydrogen-bond donors (Lipinski definition) is 1. The van der Waals surface area contributed by atoms with Crippen molar-refractivity contribution in [3.8, 4) is 11.5 Å². The predicted octanol–water partition coefficient (Wildman–Crippen LogP) is 0.561. The molecule has 2 unspecified atom stereocenters. The summed E-state index contributed by atoms with van der Waals surface area (Å²) >= 11 is 0. The molecule has 1 aliphatic heterocycles. The monoisotopic (exact) mass is 315 g/mol. The van der Waals surface area contributed by atoms with Crippen molar-refractivity contribution in [2.45, 2.75) is 18.3 Å². The molecule has 1 N–H and O–H groups in total. The lowest BCUT2D eigenvalue weighted by Gasteiger charge is -2.29. The summed E-state index contributed by atoms with van der Waals surface area (Å²) in [6.07, 6.45) is -0.485. The molecule has 2 atom stereocenters. The van der Waals surface area contributed by atoms with E-state index in [2.05, 4.69) is 0 Å². The van der Waals surface area contributed by atoms with Gasteiger partial charge in [0.2, 0.25) is 10.0 Å². The van der Waals surface area contributed by atoms with Gasteiger partial charge in [-0.2, -0.15) is 0 Å². The van der Waals surface area contributed by atoms with E-state index >= 15 is 0 Å². The molecule has 0 saturated carbocycles. The molecule has 0 aromatic heterocycles. The van der Waals surface area contributed by atoms with Crippen molar-refractivity contribution in [1.82, 2.24) is 4.31 Å². The number of hydrogen-bond acceptors (Lipinski definition) is 5. The highest BCUT2D eigenvalue weighted by Crippen LogP contribution is 2.31. The number of ether oxygens (including phenoxy) is 2. The molecule has 0 radical (unpaired) electrons. The minimum atomic E-state index is -3.92. The first-order valence-electron chi connectivity index (χ1n) is 6.39. The van der Waals surface area contributed by atoms with E-state index in [1.807, 2.05) is 6.07 Å². The zero-order valence-corrected chi connectivity index (χ0v) is 12.5. The van der Waals surface area contributed by atoms with Crippen molar-refractivity contribution in [2.75, 3.05) is 20.2 Å². The van der Waals surface area contributed by atoms with E-state index in [1.165, 1.54) is 7.05 Å². The molecule has 2 rings (SSSR count). The smallest absolute Gasteiger partial charge is 0.323 e. The number of carboxylic acid groups (broad SMARTS) is 1. The fourth-order valence-corrected chi connectivity index (χ4v) is 3.11. The van der Waals surface area contributed by atoms with E-state index in [0.717, 1.165) is 11.2 Å². The number of para-hydroxylation sites is 2. The molecule has 0 aliphatic carbocycles. The van der Waals surface area contributed by atoms with Gasteiger partial charge in [0.1, 0.15) is 12.7 Å². The van der Waals surface area contributed by atoms with E-state index < -0.39 is 27.3 Å². The maximum absolute atomic E-state index is 12.0. The first-order valence-corrected chi connectivity index (χ1v) is 7.89. The minimum absolute atomic E-state index is 0.0221. The van der Waals surface area contributed by atoms with Gasteiger partial charge in [-0.25, -0.2) is 12.7 Å². The molecule has 116 valence electrons. The number of carboxylic acids is 1. The Kier molecular flexibility index (Phi) is 4.38. The first-order chi connectivity index (χ1) is 9.82. The second-order valence-corrected chi connectivity index (χ2v) is 7.16. The Morgan fingerprint density at radius 1 is 1.43 bits per heavy atom. The third kappa shape index (κ3) is 3.27. The van der Waals surface area contributed by atoms with Crippen LogP contribution in [0.5, 0.6) is 11.5 Å². The van der Waals surface area contributed by atoms with Gasteiger partial charge in [-0.1, -0.05) is 12.1 Å². The minimum Gasteiger partial charge on any atom is -0.486 e. The van der Waals surface area contributed by atoms with Crippen LogP contribution in [0, 0.1) is 0 Å². The van der Waals surface area contributed by atoms with Gasteiger partial charge in [-0.05, 0) is 19.1 Å². The molecular formula is C13H17NO6S. The summed E-state index contributed by atoms with van der Waals surface area (Å²) in [5.74, 6) is -0.225. The second kappa shape index (κ2) is 5.90. The van der Waals surface area contributed by atoms with Crippen LogP contribution in [-0.2, 0) is 14.8 Å². The summed E-state index contributed by atoms with van der Waals surface area (Å²) in [5, 5.41) is 7.34. The Balaban J connectivity index is 2.05. The Labute approximate surface area is 123 Å². The topological polar surface area (TPSA) is 93.1 Å². The Bertz CT molecular complexity index is 629. The number of rotatable bonds is 5. The third-order valence-corrected chi connectivity index (χ3v) is 5.37. The summed E-state index contributed by atoms with van der Waals surface area (Å²) in [7, 11) is -2.58. The standard InChI is InChI=1S/C13H17NO6S/c1-9(13(15)16)21(17,18)14(2)7-10-8-19-11-5-3-4-6-12(11)20-10/h3-6,9-10H,7-8H2,1-2H3,(H,15,16). The summed E-state index contributed by atoms with van der Waals surface area (Å²) < 4.78 is 36.2. The van der Waals surface area contributed by atoms with Crippen molar-refractivity contribution in [3.63, 3.8) is 0 Å². The average molecular weight is 315 g/mol. The van der Waals surface area contributed by atoms with Gasteiger partial charge in [0.05, 0.1) is 6.54 Å². The van der Waals surface area contributed by atoms with E-state index in [4.69, 9.17) is 14.6 Å². The fraction of sp³-hybridized carbons (Fsp3) is 0.462. The van der Waals surface area contributed by atoms with E-state index in [-0.39, 0.29) is 13.2 Å².